The van der Waals surface area contributed by atoms with Gasteiger partial charge in [-0.2, -0.15) is 0 Å². The Balaban J connectivity index is 1.98. The second-order valence-corrected chi connectivity index (χ2v) is 10.3. The third-order valence-corrected chi connectivity index (χ3v) is 6.66. The summed E-state index contributed by atoms with van der Waals surface area (Å²) in [6, 6.07) is 20.0. The molecule has 3 aromatic carbocycles. The number of esters is 1. The first kappa shape index (κ1) is 29.0. The van der Waals surface area contributed by atoms with Crippen LogP contribution < -0.4 is 11.3 Å². The molecule has 4 aromatic rings. The van der Waals surface area contributed by atoms with Crippen molar-refractivity contribution in [3.05, 3.63) is 111 Å². The van der Waals surface area contributed by atoms with Crippen molar-refractivity contribution in [2.24, 2.45) is 5.73 Å². The van der Waals surface area contributed by atoms with Crippen LogP contribution in [0.4, 0.5) is 0 Å². The lowest BCUT2D eigenvalue weighted by atomic mass is 10.1. The number of hydrogen-bond acceptors (Lipinski definition) is 6. The van der Waals surface area contributed by atoms with E-state index in [2.05, 4.69) is 0 Å². The summed E-state index contributed by atoms with van der Waals surface area (Å²) in [6.45, 7) is 5.96. The van der Waals surface area contributed by atoms with Crippen LogP contribution in [0.1, 0.15) is 53.6 Å². The van der Waals surface area contributed by atoms with E-state index in [0.29, 0.717) is 34.5 Å². The van der Waals surface area contributed by atoms with Crippen molar-refractivity contribution in [2.45, 2.75) is 45.9 Å². The Morgan fingerprint density at radius 3 is 2.40 bits per heavy atom. The Bertz CT molecular complexity index is 1550. The molecule has 1 aromatic heterocycles. The van der Waals surface area contributed by atoms with Crippen LogP contribution in [-0.2, 0) is 16.1 Å². The minimum atomic E-state index is -1.32. The number of carbonyl (C=O) groups is 2. The Morgan fingerprint density at radius 2 is 1.75 bits per heavy atom. The van der Waals surface area contributed by atoms with Crippen LogP contribution in [0.25, 0.3) is 10.9 Å². The first-order chi connectivity index (χ1) is 19.2. The van der Waals surface area contributed by atoms with E-state index in [1.165, 1.54) is 9.47 Å². The van der Waals surface area contributed by atoms with Crippen LogP contribution in [-0.4, -0.2) is 45.5 Å². The predicted molar refractivity (Wildman–Crippen MR) is 156 cm³/mol. The summed E-state index contributed by atoms with van der Waals surface area (Å²) in [5.41, 5.74) is 8.02. The number of benzene rings is 3. The highest BCUT2D eigenvalue weighted by molar-refractivity contribution is 6.31. The van der Waals surface area contributed by atoms with Crippen molar-refractivity contribution in [3.8, 4) is 0 Å². The molecule has 0 radical (unpaired) electrons. The van der Waals surface area contributed by atoms with E-state index in [4.69, 9.17) is 27.1 Å². The van der Waals surface area contributed by atoms with Gasteiger partial charge in [0.1, 0.15) is 5.82 Å². The molecule has 0 aliphatic rings. The quantitative estimate of drug-likeness (QED) is 0.277. The van der Waals surface area contributed by atoms with E-state index in [-0.39, 0.29) is 24.5 Å². The highest BCUT2D eigenvalue weighted by Crippen LogP contribution is 2.27. The average Bonchev–Trinajstić information content (AvgIpc) is 2.92. The number of aryl methyl sites for hydroxylation is 1. The Labute approximate surface area is 238 Å². The molecule has 1 amide bonds. The number of aromatic nitrogens is 2. The topological polar surface area (TPSA) is 108 Å². The smallest absolute Gasteiger partial charge is 0.337 e. The van der Waals surface area contributed by atoms with Crippen LogP contribution in [0.5, 0.6) is 0 Å². The molecule has 2 N–H and O–H groups in total. The van der Waals surface area contributed by atoms with E-state index in [9.17, 15) is 14.4 Å². The van der Waals surface area contributed by atoms with Gasteiger partial charge in [0.15, 0.2) is 6.04 Å². The lowest BCUT2D eigenvalue weighted by Crippen LogP contribution is -2.44. The third-order valence-electron chi connectivity index (χ3n) is 6.42. The number of rotatable bonds is 10. The standard InChI is InChI=1S/C31H33ClN4O4/c1-20(2)40-31(39)27(35(17-7-16-33)29(37)23-12-10-21(3)11-13-23)28-34-26-18-24(32)14-15-25(26)30(38)36(28)19-22-8-5-4-6-9-22/h4-6,8-15,18,20,27H,7,16-17,19,33H2,1-3H3. The molecule has 0 saturated heterocycles. The van der Waals surface area contributed by atoms with Gasteiger partial charge in [0.25, 0.3) is 11.5 Å². The molecule has 1 heterocycles. The van der Waals surface area contributed by atoms with Crippen molar-refractivity contribution < 1.29 is 14.3 Å². The molecule has 1 unspecified atom stereocenters. The Morgan fingerprint density at radius 1 is 1.05 bits per heavy atom. The maximum absolute atomic E-state index is 14.0. The summed E-state index contributed by atoms with van der Waals surface area (Å²) in [5, 5.41) is 0.738. The van der Waals surface area contributed by atoms with Gasteiger partial charge in [-0.3, -0.25) is 14.2 Å². The van der Waals surface area contributed by atoms with Gasteiger partial charge in [0.2, 0.25) is 0 Å². The molecular weight excluding hydrogens is 528 g/mol. The van der Waals surface area contributed by atoms with Crippen LogP contribution in [0, 0.1) is 6.92 Å². The molecule has 0 spiro atoms. The normalized spacial score (nSPS) is 11.9. The van der Waals surface area contributed by atoms with E-state index < -0.39 is 24.0 Å². The SMILES string of the molecule is Cc1ccc(C(=O)N(CCCN)C(C(=O)OC(C)C)c2nc3cc(Cl)ccc3c(=O)n2Cc2ccccc2)cc1. The zero-order chi connectivity index (χ0) is 28.8. The van der Waals surface area contributed by atoms with Crippen molar-refractivity contribution in [1.29, 1.82) is 0 Å². The summed E-state index contributed by atoms with van der Waals surface area (Å²) < 4.78 is 7.11. The summed E-state index contributed by atoms with van der Waals surface area (Å²) in [5.74, 6) is -1.000. The van der Waals surface area contributed by atoms with Crippen LogP contribution in [0.2, 0.25) is 5.02 Å². The minimum Gasteiger partial charge on any atom is -0.461 e. The summed E-state index contributed by atoms with van der Waals surface area (Å²) in [4.78, 5) is 47.9. The van der Waals surface area contributed by atoms with Gasteiger partial charge in [0, 0.05) is 17.1 Å². The lowest BCUT2D eigenvalue weighted by molar-refractivity contribution is -0.153. The number of ether oxygens (including phenoxy) is 1. The van der Waals surface area contributed by atoms with E-state index in [0.717, 1.165) is 11.1 Å². The highest BCUT2D eigenvalue weighted by atomic mass is 35.5. The van der Waals surface area contributed by atoms with Gasteiger partial charge in [-0.25, -0.2) is 9.78 Å². The fourth-order valence-electron chi connectivity index (χ4n) is 4.48. The average molecular weight is 561 g/mol. The maximum atomic E-state index is 14.0. The zero-order valence-corrected chi connectivity index (χ0v) is 23.6. The molecule has 208 valence electrons. The summed E-state index contributed by atoms with van der Waals surface area (Å²) in [7, 11) is 0. The van der Waals surface area contributed by atoms with Gasteiger partial charge in [-0.1, -0.05) is 59.6 Å². The number of amides is 1. The lowest BCUT2D eigenvalue weighted by Gasteiger charge is -2.32. The largest absolute Gasteiger partial charge is 0.461 e. The molecule has 4 rings (SSSR count). The van der Waals surface area contributed by atoms with Crippen molar-refractivity contribution in [3.63, 3.8) is 0 Å². The van der Waals surface area contributed by atoms with Gasteiger partial charge in [0.05, 0.1) is 23.6 Å². The summed E-state index contributed by atoms with van der Waals surface area (Å²) in [6.07, 6.45) is -0.0456. The minimum absolute atomic E-state index is 0.0896. The fourth-order valence-corrected chi connectivity index (χ4v) is 4.65. The fraction of sp³-hybridized carbons (Fsp3) is 0.290. The molecule has 0 saturated carbocycles. The molecule has 9 heteroatoms. The van der Waals surface area contributed by atoms with Gasteiger partial charge in [-0.15, -0.1) is 0 Å². The number of halogens is 1. The van der Waals surface area contributed by atoms with E-state index >= 15 is 0 Å². The first-order valence-electron chi connectivity index (χ1n) is 13.2. The molecule has 40 heavy (non-hydrogen) atoms. The van der Waals surface area contributed by atoms with Gasteiger partial charge >= 0.3 is 5.97 Å². The third kappa shape index (κ3) is 6.58. The Hall–Kier alpha value is -4.01. The predicted octanol–water partition coefficient (Wildman–Crippen LogP) is 4.89. The monoisotopic (exact) mass is 560 g/mol. The molecular formula is C31H33ClN4O4. The number of fused-ring (bicyclic) bond motifs is 1. The molecule has 0 aliphatic heterocycles. The van der Waals surface area contributed by atoms with Crippen LogP contribution >= 0.6 is 11.6 Å². The number of hydrogen-bond donors (Lipinski definition) is 1. The second-order valence-electron chi connectivity index (χ2n) is 9.90. The first-order valence-corrected chi connectivity index (χ1v) is 13.6. The number of nitrogens with two attached hydrogens (primary N) is 1. The number of nitrogens with zero attached hydrogens (tertiary/aromatic N) is 3. The highest BCUT2D eigenvalue weighted by Gasteiger charge is 2.37. The second kappa shape index (κ2) is 12.9. The maximum Gasteiger partial charge on any atom is 0.337 e. The molecule has 1 atom stereocenters. The number of carbonyl (C=O) groups excluding carboxylic acids is 2. The van der Waals surface area contributed by atoms with Crippen molar-refractivity contribution in [2.75, 3.05) is 13.1 Å². The Kier molecular flexibility index (Phi) is 9.34. The molecule has 0 bridgehead atoms. The zero-order valence-electron chi connectivity index (χ0n) is 22.8. The van der Waals surface area contributed by atoms with Gasteiger partial charge < -0.3 is 15.4 Å². The van der Waals surface area contributed by atoms with Crippen molar-refractivity contribution in [1.82, 2.24) is 14.5 Å². The van der Waals surface area contributed by atoms with Crippen LogP contribution in [0.15, 0.2) is 77.6 Å². The van der Waals surface area contributed by atoms with E-state index in [1.54, 1.807) is 44.2 Å². The van der Waals surface area contributed by atoms with E-state index in [1.807, 2.05) is 49.4 Å². The molecule has 8 nitrogen and oxygen atoms in total. The molecule has 0 aliphatic carbocycles. The summed E-state index contributed by atoms with van der Waals surface area (Å²) >= 11 is 6.26. The van der Waals surface area contributed by atoms with Crippen molar-refractivity contribution >= 4 is 34.4 Å². The van der Waals surface area contributed by atoms with Gasteiger partial charge in [-0.05, 0) is 69.6 Å². The van der Waals surface area contributed by atoms with Crippen LogP contribution in [0.3, 0.4) is 0 Å². The molecule has 0 fully saturated rings.